The molecule has 2 aromatic rings. The van der Waals surface area contributed by atoms with Crippen molar-refractivity contribution in [2.45, 2.75) is 19.4 Å². The van der Waals surface area contributed by atoms with E-state index in [1.54, 1.807) is 50.3 Å². The maximum absolute atomic E-state index is 12.6. The van der Waals surface area contributed by atoms with Gasteiger partial charge in [-0.25, -0.2) is 14.9 Å². The van der Waals surface area contributed by atoms with Crippen LogP contribution >= 0.6 is 0 Å². The minimum Gasteiger partial charge on any atom is -0.492 e. The lowest BCUT2D eigenvalue weighted by Gasteiger charge is -2.20. The highest BCUT2D eigenvalue weighted by atomic mass is 16.5. The fraction of sp³-hybridized carbons (Fsp3) is 0.111. The largest absolute Gasteiger partial charge is 0.492 e. The summed E-state index contributed by atoms with van der Waals surface area (Å²) in [4.78, 5) is 15.8. The molecule has 33 heavy (non-hydrogen) atoms. The van der Waals surface area contributed by atoms with Crippen LogP contribution in [0.25, 0.3) is 28.0 Å². The van der Waals surface area contributed by atoms with E-state index in [2.05, 4.69) is 16.7 Å². The van der Waals surface area contributed by atoms with Crippen molar-refractivity contribution in [3.63, 3.8) is 0 Å². The third-order valence-electron chi connectivity index (χ3n) is 5.18. The zero-order valence-corrected chi connectivity index (χ0v) is 17.8. The van der Waals surface area contributed by atoms with Crippen molar-refractivity contribution in [3.8, 4) is 24.0 Å². The molecule has 0 unspecified atom stereocenters. The third kappa shape index (κ3) is 3.86. The molecule has 0 radical (unpaired) electrons. The van der Waals surface area contributed by atoms with E-state index in [0.29, 0.717) is 11.2 Å². The Balaban J connectivity index is 1.83. The summed E-state index contributed by atoms with van der Waals surface area (Å²) in [5.41, 5.74) is 1.11. The van der Waals surface area contributed by atoms with Crippen LogP contribution < -0.4 is 5.63 Å². The Morgan fingerprint density at radius 2 is 2.03 bits per heavy atom. The highest BCUT2D eigenvalue weighted by Gasteiger charge is 2.38. The molecule has 6 nitrogen and oxygen atoms in total. The van der Waals surface area contributed by atoms with Gasteiger partial charge in [-0.15, -0.1) is 0 Å². The molecule has 0 fully saturated rings. The van der Waals surface area contributed by atoms with Crippen molar-refractivity contribution in [2.75, 3.05) is 0 Å². The predicted molar refractivity (Wildman–Crippen MR) is 124 cm³/mol. The molecule has 1 aromatic heterocycles. The van der Waals surface area contributed by atoms with Crippen LogP contribution in [0.15, 0.2) is 74.3 Å². The van der Waals surface area contributed by atoms with Gasteiger partial charge in [-0.1, -0.05) is 36.1 Å². The Morgan fingerprint density at radius 3 is 2.76 bits per heavy atom. The first-order valence-corrected chi connectivity index (χ1v) is 9.89. The van der Waals surface area contributed by atoms with Crippen LogP contribution in [-0.2, 0) is 4.74 Å². The molecule has 1 aromatic carbocycles. The summed E-state index contributed by atoms with van der Waals surface area (Å²) in [6, 6.07) is 9.12. The van der Waals surface area contributed by atoms with E-state index < -0.39 is 11.2 Å². The van der Waals surface area contributed by atoms with Gasteiger partial charge < -0.3 is 9.15 Å². The molecule has 0 amide bonds. The summed E-state index contributed by atoms with van der Waals surface area (Å²) < 4.78 is 11.3. The molecular formula is C27H15N3O3. The SMILES string of the molecule is [C-]#[N+]/C(C#N)=C1\OC(C)(C)C(/C=C/c2cc3cc4c(cc3oc2=O)C#C/C=C\C=C/4)=C1C#N. The Morgan fingerprint density at radius 1 is 1.21 bits per heavy atom. The fourth-order valence-corrected chi connectivity index (χ4v) is 3.59. The lowest BCUT2D eigenvalue weighted by atomic mass is 9.94. The molecule has 0 spiro atoms. The third-order valence-corrected chi connectivity index (χ3v) is 5.18. The van der Waals surface area contributed by atoms with E-state index in [1.807, 2.05) is 30.4 Å². The first kappa shape index (κ1) is 21.2. The number of ether oxygens (including phenoxy) is 1. The van der Waals surface area contributed by atoms with Crippen molar-refractivity contribution >= 4 is 23.1 Å². The number of rotatable bonds is 2. The minimum atomic E-state index is -0.965. The minimum absolute atomic E-state index is 0.0502. The number of nitrogens with zero attached hydrogens (tertiary/aromatic N) is 3. The second-order valence-electron chi connectivity index (χ2n) is 7.70. The Kier molecular flexibility index (Phi) is 5.29. The van der Waals surface area contributed by atoms with Crippen LogP contribution in [0.1, 0.15) is 30.5 Å². The van der Waals surface area contributed by atoms with Gasteiger partial charge in [-0.2, -0.15) is 5.26 Å². The average Bonchev–Trinajstić information content (AvgIpc) is 3.03. The second-order valence-corrected chi connectivity index (χ2v) is 7.70. The molecule has 2 aliphatic rings. The molecule has 0 N–H and O–H groups in total. The maximum Gasteiger partial charge on any atom is 0.343 e. The van der Waals surface area contributed by atoms with E-state index in [-0.39, 0.29) is 22.6 Å². The maximum atomic E-state index is 12.6. The number of nitriles is 2. The summed E-state index contributed by atoms with van der Waals surface area (Å²) in [7, 11) is 0. The Hall–Kier alpha value is -5.04. The molecule has 2 heterocycles. The molecule has 0 saturated carbocycles. The molecule has 0 atom stereocenters. The van der Waals surface area contributed by atoms with Crippen molar-refractivity contribution in [2.24, 2.45) is 0 Å². The molecule has 6 heteroatoms. The van der Waals surface area contributed by atoms with Crippen LogP contribution in [0.4, 0.5) is 0 Å². The lowest BCUT2D eigenvalue weighted by Crippen LogP contribution is -2.20. The lowest BCUT2D eigenvalue weighted by molar-refractivity contribution is 0.0953. The van der Waals surface area contributed by atoms with Crippen molar-refractivity contribution in [1.29, 1.82) is 10.5 Å². The van der Waals surface area contributed by atoms with Crippen LogP contribution in [-0.4, -0.2) is 5.60 Å². The van der Waals surface area contributed by atoms with Crippen LogP contribution in [0.5, 0.6) is 0 Å². The van der Waals surface area contributed by atoms with E-state index in [4.69, 9.17) is 15.7 Å². The number of benzene rings is 1. The zero-order valence-electron chi connectivity index (χ0n) is 17.8. The molecule has 1 aliphatic carbocycles. The zero-order chi connectivity index (χ0) is 23.6. The molecule has 0 bridgehead atoms. The van der Waals surface area contributed by atoms with Gasteiger partial charge in [0.2, 0.25) is 0 Å². The van der Waals surface area contributed by atoms with Crippen molar-refractivity contribution in [1.82, 2.24) is 0 Å². The summed E-state index contributed by atoms with van der Waals surface area (Å²) in [5, 5.41) is 19.6. The summed E-state index contributed by atoms with van der Waals surface area (Å²) in [5.74, 6) is 5.91. The molecule has 1 aliphatic heterocycles. The highest BCUT2D eigenvalue weighted by Crippen LogP contribution is 2.40. The average molecular weight is 429 g/mol. The Labute approximate surface area is 190 Å². The number of hydrogen-bond donors (Lipinski definition) is 0. The number of allylic oxidation sites excluding steroid dienone is 5. The van der Waals surface area contributed by atoms with Gasteiger partial charge >= 0.3 is 11.3 Å². The molecule has 0 saturated heterocycles. The molecular weight excluding hydrogens is 414 g/mol. The highest BCUT2D eigenvalue weighted by molar-refractivity contribution is 5.84. The van der Waals surface area contributed by atoms with Gasteiger partial charge in [0.1, 0.15) is 17.3 Å². The van der Waals surface area contributed by atoms with Gasteiger partial charge in [0.15, 0.2) is 5.76 Å². The Bertz CT molecular complexity index is 1590. The smallest absolute Gasteiger partial charge is 0.343 e. The van der Waals surface area contributed by atoms with E-state index in [0.717, 1.165) is 16.5 Å². The van der Waals surface area contributed by atoms with Crippen LogP contribution in [0, 0.1) is 41.1 Å². The standard InChI is InChI=1S/C27H15N3O3/c1-27(2)22(21(15-28)25(33-27)23(16-29)30-3)11-10-19-13-20-12-17-8-6-4-5-7-9-18(17)14-24(20)32-26(19)31/h4-6,8,10-14H,1-2H3/b5-4-,6-4?,8-6-,11-10+,17-8?,25-23-. The second kappa shape index (κ2) is 8.24. The van der Waals surface area contributed by atoms with E-state index in [1.165, 1.54) is 0 Å². The summed E-state index contributed by atoms with van der Waals surface area (Å²) >= 11 is 0. The molecule has 4 rings (SSSR count). The summed E-state index contributed by atoms with van der Waals surface area (Å²) in [6.07, 6.45) is 10.5. The normalized spacial score (nSPS) is 19.1. The first-order valence-electron chi connectivity index (χ1n) is 9.89. The number of hydrogen-bond acceptors (Lipinski definition) is 5. The van der Waals surface area contributed by atoms with Gasteiger partial charge in [-0.3, -0.25) is 0 Å². The van der Waals surface area contributed by atoms with E-state index >= 15 is 0 Å². The summed E-state index contributed by atoms with van der Waals surface area (Å²) in [6.45, 7) is 10.6. The van der Waals surface area contributed by atoms with E-state index in [9.17, 15) is 15.3 Å². The van der Waals surface area contributed by atoms with Crippen molar-refractivity contribution in [3.05, 3.63) is 104 Å². The van der Waals surface area contributed by atoms with Crippen molar-refractivity contribution < 1.29 is 9.15 Å². The number of fused-ring (bicyclic) bond motifs is 2. The van der Waals surface area contributed by atoms with Crippen LogP contribution in [0.3, 0.4) is 0 Å². The van der Waals surface area contributed by atoms with Crippen LogP contribution in [0.2, 0.25) is 0 Å². The topological polar surface area (TPSA) is 91.4 Å². The first-order chi connectivity index (χ1) is 15.9. The van der Waals surface area contributed by atoms with Gasteiger partial charge in [-0.05, 0) is 49.8 Å². The molecule has 156 valence electrons. The monoisotopic (exact) mass is 429 g/mol. The van der Waals surface area contributed by atoms with Gasteiger partial charge in [0, 0.05) is 16.5 Å². The fourth-order valence-electron chi connectivity index (χ4n) is 3.59. The van der Waals surface area contributed by atoms with Gasteiger partial charge in [0.05, 0.1) is 23.8 Å². The predicted octanol–water partition coefficient (Wildman–Crippen LogP) is 5.02. The quantitative estimate of drug-likeness (QED) is 0.289. The van der Waals surface area contributed by atoms with Gasteiger partial charge in [0.25, 0.3) is 0 Å².